The zero-order chi connectivity index (χ0) is 12.8. The van der Waals surface area contributed by atoms with E-state index >= 15 is 0 Å². The van der Waals surface area contributed by atoms with Gasteiger partial charge < -0.3 is 14.5 Å². The highest BCUT2D eigenvalue weighted by Crippen LogP contribution is 2.21. The first-order valence-electron chi connectivity index (χ1n) is 6.45. The van der Waals surface area contributed by atoms with Crippen LogP contribution in [0.15, 0.2) is 29.0 Å². The molecule has 0 aliphatic carbocycles. The summed E-state index contributed by atoms with van der Waals surface area (Å²) in [5, 5.41) is 4.37. The van der Waals surface area contributed by atoms with Gasteiger partial charge in [0.15, 0.2) is 0 Å². The molecule has 0 aromatic carbocycles. The minimum atomic E-state index is 0.319. The van der Waals surface area contributed by atoms with Crippen molar-refractivity contribution in [1.82, 2.24) is 4.98 Å². The van der Waals surface area contributed by atoms with Gasteiger partial charge in [0.1, 0.15) is 11.4 Å². The Bertz CT molecular complexity index is 479. The molecule has 2 rings (SSSR count). The lowest BCUT2D eigenvalue weighted by atomic mass is 10.3. The summed E-state index contributed by atoms with van der Waals surface area (Å²) in [5.41, 5.74) is 0.871. The van der Waals surface area contributed by atoms with E-state index in [-0.39, 0.29) is 0 Å². The zero-order valence-corrected chi connectivity index (χ0v) is 11.0. The highest BCUT2D eigenvalue weighted by molar-refractivity contribution is 5.87. The van der Waals surface area contributed by atoms with Crippen LogP contribution in [0.25, 0.3) is 11.0 Å². The largest absolute Gasteiger partial charge is 0.464 e. The number of nitrogens with one attached hydrogen (secondary N) is 1. The predicted octanol–water partition coefficient (Wildman–Crippen LogP) is 3.44. The fraction of sp³-hybridized carbons (Fsp3) is 0.500. The van der Waals surface area contributed by atoms with Gasteiger partial charge in [-0.05, 0) is 38.8 Å². The molecule has 4 heteroatoms. The summed E-state index contributed by atoms with van der Waals surface area (Å²) in [5.74, 6) is 0.894. The number of aromatic nitrogens is 1. The van der Waals surface area contributed by atoms with Crippen LogP contribution in [0.1, 0.15) is 26.7 Å². The van der Waals surface area contributed by atoms with Crippen LogP contribution in [-0.2, 0) is 4.74 Å². The summed E-state index contributed by atoms with van der Waals surface area (Å²) in [4.78, 5) is 4.32. The van der Waals surface area contributed by atoms with Gasteiger partial charge in [0.05, 0.1) is 17.8 Å². The van der Waals surface area contributed by atoms with Gasteiger partial charge in [-0.1, -0.05) is 0 Å². The maximum Gasteiger partial charge on any atom is 0.139 e. The molecular formula is C14H20N2O2. The molecule has 2 aromatic rings. The normalized spacial score (nSPS) is 11.3. The van der Waals surface area contributed by atoms with E-state index in [1.165, 1.54) is 0 Å². The molecule has 0 fully saturated rings. The number of rotatable bonds is 7. The second kappa shape index (κ2) is 6.40. The van der Waals surface area contributed by atoms with E-state index in [0.29, 0.717) is 6.10 Å². The lowest BCUT2D eigenvalue weighted by Crippen LogP contribution is -2.07. The van der Waals surface area contributed by atoms with E-state index in [1.807, 2.05) is 12.1 Å². The van der Waals surface area contributed by atoms with Crippen molar-refractivity contribution in [3.63, 3.8) is 0 Å². The summed E-state index contributed by atoms with van der Waals surface area (Å²) < 4.78 is 10.8. The van der Waals surface area contributed by atoms with E-state index in [1.54, 1.807) is 12.5 Å². The number of nitrogens with zero attached hydrogens (tertiary/aromatic N) is 1. The van der Waals surface area contributed by atoms with E-state index in [9.17, 15) is 0 Å². The Morgan fingerprint density at radius 2 is 2.22 bits per heavy atom. The maximum absolute atomic E-state index is 5.49. The van der Waals surface area contributed by atoms with Gasteiger partial charge in [-0.15, -0.1) is 0 Å². The predicted molar refractivity (Wildman–Crippen MR) is 72.8 cm³/mol. The fourth-order valence-electron chi connectivity index (χ4n) is 1.79. The van der Waals surface area contributed by atoms with Crippen LogP contribution in [0.4, 0.5) is 5.82 Å². The fourth-order valence-corrected chi connectivity index (χ4v) is 1.79. The SMILES string of the molecule is CC(C)OCCCCNc1nccc2occc12. The van der Waals surface area contributed by atoms with Gasteiger partial charge in [0.25, 0.3) is 0 Å². The molecule has 0 radical (unpaired) electrons. The van der Waals surface area contributed by atoms with Gasteiger partial charge in [-0.3, -0.25) is 0 Å². The van der Waals surface area contributed by atoms with Crippen molar-refractivity contribution in [2.24, 2.45) is 0 Å². The highest BCUT2D eigenvalue weighted by Gasteiger charge is 2.03. The summed E-state index contributed by atoms with van der Waals surface area (Å²) in [7, 11) is 0. The van der Waals surface area contributed by atoms with Crippen LogP contribution >= 0.6 is 0 Å². The third-order valence-electron chi connectivity index (χ3n) is 2.69. The van der Waals surface area contributed by atoms with Crippen molar-refractivity contribution >= 4 is 16.8 Å². The van der Waals surface area contributed by atoms with E-state index in [4.69, 9.17) is 9.15 Å². The number of unbranched alkanes of at least 4 members (excludes halogenated alkanes) is 1. The first kappa shape index (κ1) is 12.9. The van der Waals surface area contributed by atoms with Crippen LogP contribution in [0, 0.1) is 0 Å². The smallest absolute Gasteiger partial charge is 0.139 e. The molecule has 2 aromatic heterocycles. The standard InChI is InChI=1S/C14H20N2O2/c1-11(2)17-9-4-3-7-15-14-12-6-10-18-13(12)5-8-16-14/h5-6,8,10-11H,3-4,7,9H2,1-2H3,(H,15,16). The number of hydrogen-bond donors (Lipinski definition) is 1. The van der Waals surface area contributed by atoms with Crippen molar-refractivity contribution in [3.05, 3.63) is 24.6 Å². The van der Waals surface area contributed by atoms with Crippen molar-refractivity contribution in [3.8, 4) is 0 Å². The molecule has 0 aliphatic heterocycles. The van der Waals surface area contributed by atoms with E-state index in [0.717, 1.165) is 42.8 Å². The Balaban J connectivity index is 1.75. The van der Waals surface area contributed by atoms with E-state index < -0.39 is 0 Å². The molecule has 2 heterocycles. The highest BCUT2D eigenvalue weighted by atomic mass is 16.5. The van der Waals surface area contributed by atoms with Crippen molar-refractivity contribution in [2.75, 3.05) is 18.5 Å². The molecule has 18 heavy (non-hydrogen) atoms. The topological polar surface area (TPSA) is 47.3 Å². The molecular weight excluding hydrogens is 228 g/mol. The maximum atomic E-state index is 5.49. The number of anilines is 1. The summed E-state index contributed by atoms with van der Waals surface area (Å²) in [6.45, 7) is 5.84. The van der Waals surface area contributed by atoms with Gasteiger partial charge in [0.2, 0.25) is 0 Å². The third kappa shape index (κ3) is 3.47. The van der Waals surface area contributed by atoms with Gasteiger partial charge in [-0.2, -0.15) is 0 Å². The average molecular weight is 248 g/mol. The summed E-state index contributed by atoms with van der Waals surface area (Å²) >= 11 is 0. The molecule has 4 nitrogen and oxygen atoms in total. The third-order valence-corrected chi connectivity index (χ3v) is 2.69. The van der Waals surface area contributed by atoms with E-state index in [2.05, 4.69) is 24.1 Å². The zero-order valence-electron chi connectivity index (χ0n) is 11.0. The summed E-state index contributed by atoms with van der Waals surface area (Å²) in [6, 6.07) is 3.81. The number of ether oxygens (including phenoxy) is 1. The van der Waals surface area contributed by atoms with Crippen LogP contribution in [0.5, 0.6) is 0 Å². The monoisotopic (exact) mass is 248 g/mol. The summed E-state index contributed by atoms with van der Waals surface area (Å²) in [6.07, 6.45) is 5.90. The Kier molecular flexibility index (Phi) is 4.59. The van der Waals surface area contributed by atoms with Gasteiger partial charge >= 0.3 is 0 Å². The van der Waals surface area contributed by atoms with Gasteiger partial charge in [-0.25, -0.2) is 4.98 Å². The molecule has 0 saturated heterocycles. The first-order chi connectivity index (χ1) is 8.77. The molecule has 0 spiro atoms. The molecule has 0 atom stereocenters. The molecule has 1 N–H and O–H groups in total. The molecule has 0 amide bonds. The molecule has 98 valence electrons. The van der Waals surface area contributed by atoms with Crippen LogP contribution in [0.2, 0.25) is 0 Å². The lowest BCUT2D eigenvalue weighted by Gasteiger charge is -2.08. The molecule has 0 saturated carbocycles. The van der Waals surface area contributed by atoms with Crippen molar-refractivity contribution in [1.29, 1.82) is 0 Å². The van der Waals surface area contributed by atoms with Crippen molar-refractivity contribution < 1.29 is 9.15 Å². The Hall–Kier alpha value is -1.55. The second-order valence-corrected chi connectivity index (χ2v) is 4.55. The minimum Gasteiger partial charge on any atom is -0.464 e. The van der Waals surface area contributed by atoms with Crippen molar-refractivity contribution in [2.45, 2.75) is 32.8 Å². The number of fused-ring (bicyclic) bond motifs is 1. The number of hydrogen-bond acceptors (Lipinski definition) is 4. The lowest BCUT2D eigenvalue weighted by molar-refractivity contribution is 0.0765. The number of furan rings is 1. The molecule has 0 aliphatic rings. The molecule has 0 unspecified atom stereocenters. The Morgan fingerprint density at radius 1 is 1.33 bits per heavy atom. The van der Waals surface area contributed by atoms with Crippen LogP contribution in [0.3, 0.4) is 0 Å². The first-order valence-corrected chi connectivity index (χ1v) is 6.45. The van der Waals surface area contributed by atoms with Gasteiger partial charge in [0, 0.05) is 19.3 Å². The number of pyridine rings is 1. The quantitative estimate of drug-likeness (QED) is 0.762. The van der Waals surface area contributed by atoms with Crippen LogP contribution in [-0.4, -0.2) is 24.2 Å². The second-order valence-electron chi connectivity index (χ2n) is 4.55. The Morgan fingerprint density at radius 3 is 3.06 bits per heavy atom. The van der Waals surface area contributed by atoms with Crippen LogP contribution < -0.4 is 5.32 Å². The minimum absolute atomic E-state index is 0.319. The molecule has 0 bridgehead atoms. The average Bonchev–Trinajstić information content (AvgIpc) is 2.82. The Labute approximate surface area is 107 Å².